The van der Waals surface area contributed by atoms with Gasteiger partial charge in [-0.3, -0.25) is 4.90 Å². The Morgan fingerprint density at radius 1 is 1.22 bits per heavy atom. The van der Waals surface area contributed by atoms with Crippen molar-refractivity contribution in [3.8, 4) is 0 Å². The molecule has 0 amide bonds. The monoisotopic (exact) mass is 254 g/mol. The first-order chi connectivity index (χ1) is 8.72. The van der Waals surface area contributed by atoms with Gasteiger partial charge in [-0.2, -0.15) is 0 Å². The molecule has 1 saturated carbocycles. The van der Waals surface area contributed by atoms with Gasteiger partial charge in [0.25, 0.3) is 0 Å². The van der Waals surface area contributed by atoms with Crippen LogP contribution in [0.15, 0.2) is 0 Å². The number of ether oxygens (including phenoxy) is 1. The van der Waals surface area contributed by atoms with Crippen LogP contribution in [0.4, 0.5) is 0 Å². The van der Waals surface area contributed by atoms with Gasteiger partial charge in [-0.05, 0) is 25.2 Å². The summed E-state index contributed by atoms with van der Waals surface area (Å²) in [6.45, 7) is 8.48. The fourth-order valence-electron chi connectivity index (χ4n) is 3.67. The van der Waals surface area contributed by atoms with Gasteiger partial charge in [0.15, 0.2) is 0 Å². The van der Waals surface area contributed by atoms with Gasteiger partial charge in [-0.1, -0.05) is 26.7 Å². The van der Waals surface area contributed by atoms with E-state index < -0.39 is 0 Å². The Hall–Kier alpha value is -0.120. The van der Waals surface area contributed by atoms with Crippen LogP contribution in [0.2, 0.25) is 0 Å². The van der Waals surface area contributed by atoms with Gasteiger partial charge < -0.3 is 10.5 Å². The first-order valence-corrected chi connectivity index (χ1v) is 7.76. The highest BCUT2D eigenvalue weighted by Gasteiger charge is 2.34. The fraction of sp³-hybridized carbons (Fsp3) is 1.00. The molecule has 1 aliphatic carbocycles. The summed E-state index contributed by atoms with van der Waals surface area (Å²) < 4.78 is 5.58. The van der Waals surface area contributed by atoms with Crippen LogP contribution < -0.4 is 5.73 Å². The van der Waals surface area contributed by atoms with Crippen molar-refractivity contribution in [3.63, 3.8) is 0 Å². The third-order valence-electron chi connectivity index (χ3n) is 4.55. The lowest BCUT2D eigenvalue weighted by molar-refractivity contribution is 0.0748. The summed E-state index contributed by atoms with van der Waals surface area (Å²) in [5.74, 6) is 1.39. The highest BCUT2D eigenvalue weighted by Crippen LogP contribution is 2.30. The Morgan fingerprint density at radius 2 is 1.94 bits per heavy atom. The Bertz CT molecular complexity index is 233. The second-order valence-electron chi connectivity index (χ2n) is 6.46. The van der Waals surface area contributed by atoms with Crippen LogP contribution in [0.25, 0.3) is 0 Å². The average Bonchev–Trinajstić information content (AvgIpc) is 3.01. The highest BCUT2D eigenvalue weighted by molar-refractivity contribution is 4.89. The maximum atomic E-state index is 6.10. The molecule has 0 aromatic carbocycles. The lowest BCUT2D eigenvalue weighted by Gasteiger charge is -2.39. The van der Waals surface area contributed by atoms with Crippen molar-refractivity contribution in [1.82, 2.24) is 4.90 Å². The zero-order valence-corrected chi connectivity index (χ0v) is 12.1. The molecule has 2 rings (SSSR count). The quantitative estimate of drug-likeness (QED) is 0.790. The lowest BCUT2D eigenvalue weighted by Crippen LogP contribution is -2.51. The fourth-order valence-corrected chi connectivity index (χ4v) is 3.67. The van der Waals surface area contributed by atoms with Crippen LogP contribution in [0.5, 0.6) is 0 Å². The van der Waals surface area contributed by atoms with Crippen LogP contribution in [0.1, 0.15) is 46.0 Å². The van der Waals surface area contributed by atoms with Gasteiger partial charge in [0, 0.05) is 37.7 Å². The van der Waals surface area contributed by atoms with Crippen molar-refractivity contribution in [2.75, 3.05) is 26.3 Å². The van der Waals surface area contributed by atoms with E-state index in [1.165, 1.54) is 38.6 Å². The number of nitrogens with zero attached hydrogens (tertiary/aromatic N) is 1. The first-order valence-electron chi connectivity index (χ1n) is 7.76. The van der Waals surface area contributed by atoms with Gasteiger partial charge in [0.1, 0.15) is 0 Å². The van der Waals surface area contributed by atoms with E-state index in [-0.39, 0.29) is 0 Å². The molecule has 2 atom stereocenters. The summed E-state index contributed by atoms with van der Waals surface area (Å²) in [6.07, 6.45) is 6.74. The van der Waals surface area contributed by atoms with E-state index in [9.17, 15) is 0 Å². The number of hydrogen-bond donors (Lipinski definition) is 1. The van der Waals surface area contributed by atoms with Crippen molar-refractivity contribution < 1.29 is 4.74 Å². The molecule has 106 valence electrons. The summed E-state index contributed by atoms with van der Waals surface area (Å²) in [7, 11) is 0. The zero-order valence-electron chi connectivity index (χ0n) is 12.1. The molecule has 2 fully saturated rings. The summed E-state index contributed by atoms with van der Waals surface area (Å²) in [4.78, 5) is 2.73. The molecule has 3 heteroatoms. The Kier molecular flexibility index (Phi) is 5.46. The van der Waals surface area contributed by atoms with E-state index >= 15 is 0 Å². The molecule has 0 bridgehead atoms. The highest BCUT2D eigenvalue weighted by atomic mass is 16.5. The maximum absolute atomic E-state index is 6.10. The molecule has 0 radical (unpaired) electrons. The molecule has 18 heavy (non-hydrogen) atoms. The zero-order chi connectivity index (χ0) is 13.0. The first kappa shape index (κ1) is 14.3. The predicted molar refractivity (Wildman–Crippen MR) is 75.6 cm³/mol. The molecule has 2 aliphatic rings. The molecule has 2 unspecified atom stereocenters. The number of rotatable bonds is 6. The van der Waals surface area contributed by atoms with Gasteiger partial charge in [-0.15, -0.1) is 0 Å². The van der Waals surface area contributed by atoms with E-state index in [1.54, 1.807) is 0 Å². The second kappa shape index (κ2) is 6.88. The van der Waals surface area contributed by atoms with E-state index in [4.69, 9.17) is 10.5 Å². The summed E-state index contributed by atoms with van der Waals surface area (Å²) in [5.41, 5.74) is 6.10. The van der Waals surface area contributed by atoms with Crippen molar-refractivity contribution in [2.24, 2.45) is 17.6 Å². The number of nitrogens with two attached hydrogens (primary N) is 1. The van der Waals surface area contributed by atoms with Crippen LogP contribution in [0, 0.1) is 11.8 Å². The van der Waals surface area contributed by atoms with E-state index in [0.29, 0.717) is 12.0 Å². The molecule has 0 spiro atoms. The number of hydrogen-bond acceptors (Lipinski definition) is 3. The lowest BCUT2D eigenvalue weighted by atomic mass is 9.94. The molecule has 1 saturated heterocycles. The Morgan fingerprint density at radius 3 is 2.44 bits per heavy atom. The Balaban J connectivity index is 2.03. The van der Waals surface area contributed by atoms with E-state index in [2.05, 4.69) is 18.7 Å². The molecule has 2 N–H and O–H groups in total. The van der Waals surface area contributed by atoms with Gasteiger partial charge in [0.05, 0.1) is 6.61 Å². The van der Waals surface area contributed by atoms with Gasteiger partial charge >= 0.3 is 0 Å². The van der Waals surface area contributed by atoms with Crippen LogP contribution in [0.3, 0.4) is 0 Å². The predicted octanol–water partition coefficient (Wildman–Crippen LogP) is 2.25. The topological polar surface area (TPSA) is 38.5 Å². The van der Waals surface area contributed by atoms with Crippen LogP contribution in [-0.4, -0.2) is 43.3 Å². The summed E-state index contributed by atoms with van der Waals surface area (Å²) in [6, 6.07) is 1.32. The van der Waals surface area contributed by atoms with Gasteiger partial charge in [-0.25, -0.2) is 0 Å². The normalized spacial score (nSPS) is 27.5. The van der Waals surface area contributed by atoms with Gasteiger partial charge in [0.2, 0.25) is 0 Å². The van der Waals surface area contributed by atoms with Crippen molar-refractivity contribution in [2.45, 2.75) is 58.0 Å². The molecule has 0 aromatic heterocycles. The standard InChI is InChI=1S/C15H30N2O/c1-12(2)10-17(14-5-3-4-6-14)15(9-16)13-7-8-18-11-13/h12-15H,3-11,16H2,1-2H3. The smallest absolute Gasteiger partial charge is 0.0510 e. The molecular weight excluding hydrogens is 224 g/mol. The van der Waals surface area contributed by atoms with Crippen molar-refractivity contribution in [1.29, 1.82) is 0 Å². The SMILES string of the molecule is CC(C)CN(C1CCCC1)C(CN)C1CCOC1. The third-order valence-corrected chi connectivity index (χ3v) is 4.55. The molecule has 1 aliphatic heterocycles. The van der Waals surface area contributed by atoms with Crippen molar-refractivity contribution >= 4 is 0 Å². The van der Waals surface area contributed by atoms with E-state index in [1.807, 2.05) is 0 Å². The largest absolute Gasteiger partial charge is 0.381 e. The molecule has 3 nitrogen and oxygen atoms in total. The minimum atomic E-state index is 0.540. The third kappa shape index (κ3) is 3.46. The minimum absolute atomic E-state index is 0.540. The summed E-state index contributed by atoms with van der Waals surface area (Å²) in [5, 5.41) is 0. The Labute approximate surface area is 112 Å². The van der Waals surface area contributed by atoms with Crippen LogP contribution in [-0.2, 0) is 4.74 Å². The average molecular weight is 254 g/mol. The second-order valence-corrected chi connectivity index (χ2v) is 6.46. The van der Waals surface area contributed by atoms with Crippen molar-refractivity contribution in [3.05, 3.63) is 0 Å². The maximum Gasteiger partial charge on any atom is 0.0510 e. The molecule has 0 aromatic rings. The van der Waals surface area contributed by atoms with Crippen LogP contribution >= 0.6 is 0 Å². The minimum Gasteiger partial charge on any atom is -0.381 e. The molecular formula is C15H30N2O. The summed E-state index contributed by atoms with van der Waals surface area (Å²) >= 11 is 0. The molecule has 1 heterocycles. The van der Waals surface area contributed by atoms with E-state index in [0.717, 1.165) is 31.7 Å².